The zero-order chi connectivity index (χ0) is 18.4. The second kappa shape index (κ2) is 8.72. The first-order valence-corrected chi connectivity index (χ1v) is 9.00. The molecule has 0 saturated heterocycles. The Kier molecular flexibility index (Phi) is 6.12. The summed E-state index contributed by atoms with van der Waals surface area (Å²) in [7, 11) is 1.64. The lowest BCUT2D eigenvalue weighted by atomic mass is 10.1. The third-order valence-electron chi connectivity index (χ3n) is 4.33. The molecule has 1 aliphatic rings. The predicted octanol–water partition coefficient (Wildman–Crippen LogP) is 4.22. The molecule has 5 nitrogen and oxygen atoms in total. The normalized spacial score (nSPS) is 13.3. The van der Waals surface area contributed by atoms with Crippen molar-refractivity contribution in [3.05, 3.63) is 59.7 Å². The topological polar surface area (TPSA) is 50.8 Å². The van der Waals surface area contributed by atoms with E-state index >= 15 is 0 Å². The molecule has 138 valence electrons. The summed E-state index contributed by atoms with van der Waals surface area (Å²) in [5.74, 6) is 0.719. The molecule has 1 saturated carbocycles. The molecule has 0 bridgehead atoms. The van der Waals surface area contributed by atoms with Crippen LogP contribution in [0.25, 0.3) is 0 Å². The van der Waals surface area contributed by atoms with Crippen molar-refractivity contribution < 1.29 is 14.3 Å². The van der Waals surface area contributed by atoms with Crippen molar-refractivity contribution >= 4 is 11.7 Å². The fraction of sp³-hybridized carbons (Fsp3) is 0.381. The number of carbonyl (C=O) groups excluding carboxylic acids is 1. The number of rotatable bonds is 8. The van der Waals surface area contributed by atoms with Gasteiger partial charge in [0, 0.05) is 31.5 Å². The van der Waals surface area contributed by atoms with Crippen LogP contribution in [0.3, 0.4) is 0 Å². The van der Waals surface area contributed by atoms with Crippen LogP contribution in [0.2, 0.25) is 0 Å². The minimum Gasteiger partial charge on any atom is -0.491 e. The first kappa shape index (κ1) is 18.3. The van der Waals surface area contributed by atoms with Crippen LogP contribution in [-0.2, 0) is 11.3 Å². The van der Waals surface area contributed by atoms with E-state index in [1.807, 2.05) is 35.2 Å². The minimum absolute atomic E-state index is 0.0666. The van der Waals surface area contributed by atoms with Crippen molar-refractivity contribution in [1.82, 2.24) is 4.90 Å². The van der Waals surface area contributed by atoms with Gasteiger partial charge in [-0.2, -0.15) is 0 Å². The quantitative estimate of drug-likeness (QED) is 0.722. The van der Waals surface area contributed by atoms with E-state index in [9.17, 15) is 4.79 Å². The minimum atomic E-state index is -0.0666. The maximum Gasteiger partial charge on any atom is 0.322 e. The zero-order valence-electron chi connectivity index (χ0n) is 15.4. The third-order valence-corrected chi connectivity index (χ3v) is 4.33. The van der Waals surface area contributed by atoms with Crippen LogP contribution in [0.5, 0.6) is 5.75 Å². The second-order valence-electron chi connectivity index (χ2n) is 6.65. The van der Waals surface area contributed by atoms with Gasteiger partial charge in [-0.15, -0.1) is 0 Å². The van der Waals surface area contributed by atoms with Gasteiger partial charge in [-0.1, -0.05) is 35.9 Å². The van der Waals surface area contributed by atoms with Gasteiger partial charge in [0.25, 0.3) is 0 Å². The Morgan fingerprint density at radius 1 is 1.15 bits per heavy atom. The number of methoxy groups -OCH3 is 1. The molecule has 0 spiro atoms. The summed E-state index contributed by atoms with van der Waals surface area (Å²) in [6.45, 7) is 3.71. The van der Waals surface area contributed by atoms with E-state index in [4.69, 9.17) is 9.47 Å². The van der Waals surface area contributed by atoms with Crippen molar-refractivity contribution in [2.24, 2.45) is 0 Å². The number of nitrogens with zero attached hydrogens (tertiary/aromatic N) is 1. The lowest BCUT2D eigenvalue weighted by Crippen LogP contribution is -2.36. The highest BCUT2D eigenvalue weighted by atomic mass is 16.5. The average Bonchev–Trinajstić information content (AvgIpc) is 3.45. The van der Waals surface area contributed by atoms with Gasteiger partial charge in [0.1, 0.15) is 12.4 Å². The molecule has 1 fully saturated rings. The summed E-state index contributed by atoms with van der Waals surface area (Å²) in [4.78, 5) is 14.7. The Morgan fingerprint density at radius 2 is 1.96 bits per heavy atom. The molecule has 3 rings (SSSR count). The lowest BCUT2D eigenvalue weighted by molar-refractivity contribution is 0.146. The Morgan fingerprint density at radius 3 is 2.69 bits per heavy atom. The molecule has 1 aliphatic carbocycles. The van der Waals surface area contributed by atoms with Crippen LogP contribution in [0.4, 0.5) is 10.5 Å². The van der Waals surface area contributed by atoms with Crippen molar-refractivity contribution in [3.63, 3.8) is 0 Å². The number of hydrogen-bond acceptors (Lipinski definition) is 3. The van der Waals surface area contributed by atoms with Gasteiger partial charge >= 0.3 is 6.03 Å². The summed E-state index contributed by atoms with van der Waals surface area (Å²) in [6.07, 6.45) is 2.14. The smallest absolute Gasteiger partial charge is 0.322 e. The molecule has 2 amide bonds. The highest BCUT2D eigenvalue weighted by Crippen LogP contribution is 2.29. The second-order valence-corrected chi connectivity index (χ2v) is 6.65. The number of benzene rings is 2. The molecular formula is C21H26N2O3. The highest BCUT2D eigenvalue weighted by molar-refractivity contribution is 5.90. The van der Waals surface area contributed by atoms with Crippen molar-refractivity contribution in [2.75, 3.05) is 25.6 Å². The van der Waals surface area contributed by atoms with E-state index < -0.39 is 0 Å². The van der Waals surface area contributed by atoms with Crippen LogP contribution in [0.15, 0.2) is 48.5 Å². The van der Waals surface area contributed by atoms with Crippen LogP contribution < -0.4 is 10.1 Å². The van der Waals surface area contributed by atoms with Gasteiger partial charge in [-0.05, 0) is 37.5 Å². The Balaban J connectivity index is 1.64. The lowest BCUT2D eigenvalue weighted by Gasteiger charge is -2.23. The number of nitrogens with one attached hydrogen (secondary N) is 1. The largest absolute Gasteiger partial charge is 0.491 e. The summed E-state index contributed by atoms with van der Waals surface area (Å²) >= 11 is 0. The number of urea groups is 1. The maximum atomic E-state index is 12.8. The molecule has 0 radical (unpaired) electrons. The molecule has 5 heteroatoms. The van der Waals surface area contributed by atoms with E-state index in [2.05, 4.69) is 30.4 Å². The standard InChI is InChI=1S/C21H26N2O3/c1-16-5-3-6-17(13-16)15-23(19-9-10-19)21(24)22-18-7-4-8-20(14-18)26-12-11-25-2/h3-8,13-14,19H,9-12,15H2,1-2H3,(H,22,24). The molecular weight excluding hydrogens is 328 g/mol. The van der Waals surface area contributed by atoms with Gasteiger partial charge in [0.05, 0.1) is 6.61 Å². The Labute approximate surface area is 154 Å². The maximum absolute atomic E-state index is 12.8. The third kappa shape index (κ3) is 5.23. The molecule has 0 unspecified atom stereocenters. The van der Waals surface area contributed by atoms with E-state index in [0.29, 0.717) is 25.8 Å². The van der Waals surface area contributed by atoms with E-state index in [1.165, 1.54) is 5.56 Å². The Hall–Kier alpha value is -2.53. The molecule has 26 heavy (non-hydrogen) atoms. The van der Waals surface area contributed by atoms with Crippen LogP contribution in [0, 0.1) is 6.92 Å². The number of hydrogen-bond donors (Lipinski definition) is 1. The number of anilines is 1. The van der Waals surface area contributed by atoms with Gasteiger partial charge < -0.3 is 19.7 Å². The molecule has 0 aromatic heterocycles. The van der Waals surface area contributed by atoms with Gasteiger partial charge in [0.15, 0.2) is 0 Å². The van der Waals surface area contributed by atoms with E-state index in [-0.39, 0.29) is 6.03 Å². The van der Waals surface area contributed by atoms with Crippen LogP contribution in [-0.4, -0.2) is 37.3 Å². The van der Waals surface area contributed by atoms with Crippen molar-refractivity contribution in [3.8, 4) is 5.75 Å². The molecule has 0 aliphatic heterocycles. The monoisotopic (exact) mass is 354 g/mol. The van der Waals surface area contributed by atoms with E-state index in [1.54, 1.807) is 7.11 Å². The molecule has 2 aromatic carbocycles. The highest BCUT2D eigenvalue weighted by Gasteiger charge is 2.32. The SMILES string of the molecule is COCCOc1cccc(NC(=O)N(Cc2cccc(C)c2)C2CC2)c1. The molecule has 1 N–H and O–H groups in total. The fourth-order valence-electron chi connectivity index (χ4n) is 2.86. The first-order valence-electron chi connectivity index (χ1n) is 9.00. The van der Waals surface area contributed by atoms with Crippen molar-refractivity contribution in [1.29, 1.82) is 0 Å². The summed E-state index contributed by atoms with van der Waals surface area (Å²) in [6, 6.07) is 16.0. The van der Waals surface area contributed by atoms with Crippen molar-refractivity contribution in [2.45, 2.75) is 32.4 Å². The predicted molar refractivity (Wildman–Crippen MR) is 103 cm³/mol. The van der Waals surface area contributed by atoms with Gasteiger partial charge in [-0.25, -0.2) is 4.79 Å². The molecule has 0 atom stereocenters. The van der Waals surface area contributed by atoms with Crippen LogP contribution >= 0.6 is 0 Å². The number of amides is 2. The molecule has 0 heterocycles. The average molecular weight is 354 g/mol. The van der Waals surface area contributed by atoms with Gasteiger partial charge in [-0.3, -0.25) is 0 Å². The summed E-state index contributed by atoms with van der Waals surface area (Å²) < 4.78 is 10.6. The molecule has 2 aromatic rings. The number of aryl methyl sites for hydroxylation is 1. The Bertz CT molecular complexity index is 744. The zero-order valence-corrected chi connectivity index (χ0v) is 15.4. The number of carbonyl (C=O) groups is 1. The van der Waals surface area contributed by atoms with Gasteiger partial charge in [0.2, 0.25) is 0 Å². The number of ether oxygens (including phenoxy) is 2. The summed E-state index contributed by atoms with van der Waals surface area (Å²) in [5, 5.41) is 3.00. The first-order chi connectivity index (χ1) is 12.7. The summed E-state index contributed by atoms with van der Waals surface area (Å²) in [5.41, 5.74) is 3.10. The van der Waals surface area contributed by atoms with Crippen LogP contribution in [0.1, 0.15) is 24.0 Å². The fourth-order valence-corrected chi connectivity index (χ4v) is 2.86. The van der Waals surface area contributed by atoms with E-state index in [0.717, 1.165) is 29.8 Å².